The van der Waals surface area contributed by atoms with Crippen LogP contribution in [0, 0.1) is 5.92 Å². The highest BCUT2D eigenvalue weighted by atomic mass is 19.2. The number of carbonyl (C=O) groups is 2. The first-order chi connectivity index (χ1) is 9.92. The van der Waals surface area contributed by atoms with E-state index in [-0.39, 0.29) is 18.6 Å². The van der Waals surface area contributed by atoms with Gasteiger partial charge in [0.1, 0.15) is 17.9 Å². The van der Waals surface area contributed by atoms with E-state index in [9.17, 15) is 18.4 Å². The molecular weight excluding hydrogens is 282 g/mol. The fraction of sp³-hybridized carbons (Fsp3) is 0.714. The molecule has 0 saturated heterocycles. The van der Waals surface area contributed by atoms with Crippen LogP contribution < -0.4 is 5.73 Å². The van der Waals surface area contributed by atoms with Crippen molar-refractivity contribution in [2.75, 3.05) is 13.2 Å². The van der Waals surface area contributed by atoms with Gasteiger partial charge in [-0.2, -0.15) is 0 Å². The highest BCUT2D eigenvalue weighted by molar-refractivity contribution is 6.19. The highest BCUT2D eigenvalue weighted by Gasteiger charge is 2.52. The van der Waals surface area contributed by atoms with Crippen molar-refractivity contribution in [3.63, 3.8) is 0 Å². The molecule has 0 radical (unpaired) electrons. The summed E-state index contributed by atoms with van der Waals surface area (Å²) in [5, 5.41) is 0. The van der Waals surface area contributed by atoms with Crippen LogP contribution in [0.25, 0.3) is 0 Å². The molecule has 2 aliphatic rings. The van der Waals surface area contributed by atoms with Gasteiger partial charge in [-0.3, -0.25) is 4.79 Å². The summed E-state index contributed by atoms with van der Waals surface area (Å²) < 4.78 is 32.4. The molecule has 1 heterocycles. The zero-order valence-corrected chi connectivity index (χ0v) is 12.1. The molecular formula is C14H20F2N2O3. The predicted octanol–water partition coefficient (Wildman–Crippen LogP) is 0.730. The quantitative estimate of drug-likeness (QED) is 0.614. The lowest BCUT2D eigenvalue weighted by atomic mass is 9.72. The number of fused-ring (bicyclic) bond motifs is 1. The molecule has 0 spiro atoms. The SMILES string of the molecule is CCOC(=O)C1=CN(CC)C2CC(F)C(F)C(N)C2C1=O. The van der Waals surface area contributed by atoms with Gasteiger partial charge in [-0.25, -0.2) is 13.6 Å². The summed E-state index contributed by atoms with van der Waals surface area (Å²) in [4.78, 5) is 26.0. The molecule has 0 amide bonds. The molecule has 2 N–H and O–H groups in total. The Kier molecular flexibility index (Phi) is 4.61. The van der Waals surface area contributed by atoms with Crippen LogP contribution in [0.2, 0.25) is 0 Å². The summed E-state index contributed by atoms with van der Waals surface area (Å²) in [5.41, 5.74) is 5.59. The van der Waals surface area contributed by atoms with Crippen molar-refractivity contribution in [1.82, 2.24) is 4.90 Å². The second kappa shape index (κ2) is 6.09. The average Bonchev–Trinajstić information content (AvgIpc) is 2.45. The Morgan fingerprint density at radius 2 is 2.14 bits per heavy atom. The molecule has 0 aromatic carbocycles. The standard InChI is InChI=1S/C14H20F2N2O3/c1-3-18-6-7(14(20)21-4-2)13(19)10-9(18)5-8(15)11(16)12(10)17/h6,8-12H,3-5,17H2,1-2H3. The number of hydrogen-bond acceptors (Lipinski definition) is 5. The molecule has 1 saturated carbocycles. The molecule has 21 heavy (non-hydrogen) atoms. The van der Waals surface area contributed by atoms with Crippen molar-refractivity contribution in [2.45, 2.75) is 44.7 Å². The van der Waals surface area contributed by atoms with Crippen molar-refractivity contribution >= 4 is 11.8 Å². The smallest absolute Gasteiger partial charge is 0.343 e. The Balaban J connectivity index is 2.37. The Morgan fingerprint density at radius 1 is 1.48 bits per heavy atom. The lowest BCUT2D eigenvalue weighted by molar-refractivity contribution is -0.142. The van der Waals surface area contributed by atoms with Crippen LogP contribution in [0.3, 0.4) is 0 Å². The average molecular weight is 302 g/mol. The summed E-state index contributed by atoms with van der Waals surface area (Å²) in [7, 11) is 0. The first kappa shape index (κ1) is 15.9. The van der Waals surface area contributed by atoms with E-state index < -0.39 is 42.1 Å². The highest BCUT2D eigenvalue weighted by Crippen LogP contribution is 2.37. The van der Waals surface area contributed by atoms with E-state index >= 15 is 0 Å². The van der Waals surface area contributed by atoms with Gasteiger partial charge in [0.25, 0.3) is 0 Å². The van der Waals surface area contributed by atoms with E-state index in [0.717, 1.165) is 0 Å². The third-order valence-electron chi connectivity index (χ3n) is 4.16. The Morgan fingerprint density at radius 3 is 2.71 bits per heavy atom. The second-order valence-electron chi connectivity index (χ2n) is 5.32. The van der Waals surface area contributed by atoms with Gasteiger partial charge in [-0.05, 0) is 13.8 Å². The third kappa shape index (κ3) is 2.66. The fourth-order valence-corrected chi connectivity index (χ4v) is 3.09. The molecule has 1 fully saturated rings. The normalized spacial score (nSPS) is 36.0. The van der Waals surface area contributed by atoms with Gasteiger partial charge in [0.15, 0.2) is 5.78 Å². The van der Waals surface area contributed by atoms with Gasteiger partial charge in [0, 0.05) is 25.2 Å². The van der Waals surface area contributed by atoms with E-state index in [2.05, 4.69) is 0 Å². The maximum absolute atomic E-state index is 13.8. The van der Waals surface area contributed by atoms with Crippen LogP contribution in [0.5, 0.6) is 0 Å². The summed E-state index contributed by atoms with van der Waals surface area (Å²) in [6.07, 6.45) is -2.30. The predicted molar refractivity (Wildman–Crippen MR) is 71.8 cm³/mol. The number of ether oxygens (including phenoxy) is 1. The van der Waals surface area contributed by atoms with Crippen LogP contribution in [0.15, 0.2) is 11.8 Å². The Hall–Kier alpha value is -1.50. The number of hydrogen-bond donors (Lipinski definition) is 1. The minimum absolute atomic E-state index is 0.105. The van der Waals surface area contributed by atoms with Crippen LogP contribution in [-0.4, -0.2) is 54.2 Å². The Bertz CT molecular complexity index is 469. The molecule has 0 aromatic rings. The number of esters is 1. The molecule has 2 rings (SSSR count). The van der Waals surface area contributed by atoms with E-state index in [0.29, 0.717) is 6.54 Å². The molecule has 7 heteroatoms. The van der Waals surface area contributed by atoms with Crippen LogP contribution in [0.1, 0.15) is 20.3 Å². The van der Waals surface area contributed by atoms with Gasteiger partial charge in [-0.1, -0.05) is 0 Å². The second-order valence-corrected chi connectivity index (χ2v) is 5.32. The summed E-state index contributed by atoms with van der Waals surface area (Å²) in [6, 6.07) is -1.77. The lowest BCUT2D eigenvalue weighted by Gasteiger charge is -2.46. The van der Waals surface area contributed by atoms with E-state index in [1.807, 2.05) is 6.92 Å². The maximum atomic E-state index is 13.8. The number of alkyl halides is 2. The number of nitrogens with two attached hydrogens (primary N) is 1. The number of rotatable bonds is 3. The molecule has 5 nitrogen and oxygen atoms in total. The molecule has 1 aliphatic carbocycles. The topological polar surface area (TPSA) is 72.6 Å². The summed E-state index contributed by atoms with van der Waals surface area (Å²) >= 11 is 0. The van der Waals surface area contributed by atoms with Gasteiger partial charge < -0.3 is 15.4 Å². The van der Waals surface area contributed by atoms with Crippen molar-refractivity contribution in [3.8, 4) is 0 Å². The number of Topliss-reactive ketones (excluding diaryl/α,β-unsaturated/α-hetero) is 1. The first-order valence-electron chi connectivity index (χ1n) is 7.14. The first-order valence-corrected chi connectivity index (χ1v) is 7.14. The number of halogens is 2. The summed E-state index contributed by atoms with van der Waals surface area (Å²) in [6.45, 7) is 4.04. The number of carbonyl (C=O) groups excluding carboxylic acids is 2. The fourth-order valence-electron chi connectivity index (χ4n) is 3.09. The van der Waals surface area contributed by atoms with Gasteiger partial charge >= 0.3 is 5.97 Å². The van der Waals surface area contributed by atoms with Gasteiger partial charge in [0.05, 0.1) is 18.6 Å². The molecule has 1 aliphatic heterocycles. The zero-order chi connectivity index (χ0) is 15.7. The minimum atomic E-state index is -1.89. The number of ketones is 1. The van der Waals surface area contributed by atoms with Crippen LogP contribution in [-0.2, 0) is 14.3 Å². The maximum Gasteiger partial charge on any atom is 0.343 e. The summed E-state index contributed by atoms with van der Waals surface area (Å²) in [5.74, 6) is -2.22. The number of nitrogens with zero attached hydrogens (tertiary/aromatic N) is 1. The lowest BCUT2D eigenvalue weighted by Crippen LogP contribution is -2.62. The van der Waals surface area contributed by atoms with E-state index in [4.69, 9.17) is 10.5 Å². The van der Waals surface area contributed by atoms with Crippen molar-refractivity contribution in [3.05, 3.63) is 11.8 Å². The van der Waals surface area contributed by atoms with Crippen molar-refractivity contribution in [2.24, 2.45) is 11.7 Å². The van der Waals surface area contributed by atoms with Crippen molar-refractivity contribution in [1.29, 1.82) is 0 Å². The minimum Gasteiger partial charge on any atom is -0.462 e. The van der Waals surface area contributed by atoms with Crippen LogP contribution in [0.4, 0.5) is 8.78 Å². The van der Waals surface area contributed by atoms with E-state index in [1.54, 1.807) is 11.8 Å². The third-order valence-corrected chi connectivity index (χ3v) is 4.16. The molecule has 118 valence electrons. The molecule has 5 atom stereocenters. The van der Waals surface area contributed by atoms with Crippen LogP contribution >= 0.6 is 0 Å². The van der Waals surface area contributed by atoms with Gasteiger partial charge in [0.2, 0.25) is 0 Å². The van der Waals surface area contributed by atoms with Crippen molar-refractivity contribution < 1.29 is 23.1 Å². The van der Waals surface area contributed by atoms with Gasteiger partial charge in [-0.15, -0.1) is 0 Å². The molecule has 5 unspecified atom stereocenters. The largest absolute Gasteiger partial charge is 0.462 e. The molecule has 0 bridgehead atoms. The molecule has 0 aromatic heterocycles. The Labute approximate surface area is 122 Å². The monoisotopic (exact) mass is 302 g/mol. The van der Waals surface area contributed by atoms with E-state index in [1.165, 1.54) is 6.20 Å². The zero-order valence-electron chi connectivity index (χ0n) is 12.1.